The lowest BCUT2D eigenvalue weighted by Crippen LogP contribution is -2.46. The van der Waals surface area contributed by atoms with Crippen LogP contribution in [0.3, 0.4) is 0 Å². The van der Waals surface area contributed by atoms with E-state index in [0.29, 0.717) is 17.2 Å². The molecule has 2 aromatic carbocycles. The van der Waals surface area contributed by atoms with Gasteiger partial charge in [-0.05, 0) is 37.3 Å². The van der Waals surface area contributed by atoms with Gasteiger partial charge in [0.1, 0.15) is 18.1 Å². The van der Waals surface area contributed by atoms with Crippen LogP contribution in [0.4, 0.5) is 17.1 Å². The molecular weight excluding hydrogens is 402 g/mol. The van der Waals surface area contributed by atoms with Crippen molar-refractivity contribution < 1.29 is 23.7 Å². The van der Waals surface area contributed by atoms with Crippen LogP contribution in [0.2, 0.25) is 0 Å². The third kappa shape index (κ3) is 4.25. The Morgan fingerprint density at radius 2 is 1.97 bits per heavy atom. The molecule has 1 aliphatic heterocycles. The van der Waals surface area contributed by atoms with E-state index in [0.717, 1.165) is 5.56 Å². The van der Waals surface area contributed by atoms with Gasteiger partial charge in [-0.25, -0.2) is 0 Å². The van der Waals surface area contributed by atoms with Crippen LogP contribution in [0, 0.1) is 17.0 Å². The molecule has 0 N–H and O–H groups in total. The van der Waals surface area contributed by atoms with Gasteiger partial charge in [0.15, 0.2) is 6.61 Å². The molecule has 0 unspecified atom stereocenters. The predicted molar refractivity (Wildman–Crippen MR) is 112 cm³/mol. The number of hydrogen-bond donors (Lipinski definition) is 0. The second kappa shape index (κ2) is 8.31. The summed E-state index contributed by atoms with van der Waals surface area (Å²) in [6, 6.07) is 14.9. The fourth-order valence-corrected chi connectivity index (χ4v) is 3.30. The Kier molecular flexibility index (Phi) is 5.40. The number of benzene rings is 2. The zero-order valence-electron chi connectivity index (χ0n) is 16.7. The van der Waals surface area contributed by atoms with Crippen molar-refractivity contribution in [1.82, 2.24) is 0 Å². The molecule has 0 saturated heterocycles. The van der Waals surface area contributed by atoms with Crippen LogP contribution in [-0.2, 0) is 16.1 Å². The molecule has 9 nitrogen and oxygen atoms in total. The van der Waals surface area contributed by atoms with Crippen molar-refractivity contribution in [2.75, 3.05) is 23.0 Å². The van der Waals surface area contributed by atoms with Crippen LogP contribution in [0.15, 0.2) is 65.3 Å². The number of aryl methyl sites for hydroxylation is 1. The minimum Gasteiger partial charge on any atom is -0.482 e. The number of nitro groups is 1. The van der Waals surface area contributed by atoms with Gasteiger partial charge < -0.3 is 14.1 Å². The Morgan fingerprint density at radius 3 is 2.65 bits per heavy atom. The summed E-state index contributed by atoms with van der Waals surface area (Å²) in [6.07, 6.45) is 1.52. The molecule has 3 aromatic rings. The smallest absolute Gasteiger partial charge is 0.271 e. The van der Waals surface area contributed by atoms with Crippen molar-refractivity contribution in [3.05, 3.63) is 82.3 Å². The van der Waals surface area contributed by atoms with E-state index < -0.39 is 10.8 Å². The van der Waals surface area contributed by atoms with Gasteiger partial charge in [-0.2, -0.15) is 0 Å². The normalized spacial score (nSPS) is 12.8. The Morgan fingerprint density at radius 1 is 1.19 bits per heavy atom. The first kappa shape index (κ1) is 20.1. The molecule has 0 saturated carbocycles. The molecule has 2 amide bonds. The minimum atomic E-state index is -0.561. The number of anilines is 2. The predicted octanol–water partition coefficient (Wildman–Crippen LogP) is 3.46. The van der Waals surface area contributed by atoms with Crippen LogP contribution in [0.1, 0.15) is 11.3 Å². The maximum Gasteiger partial charge on any atom is 0.271 e. The molecule has 0 bridgehead atoms. The standard InChI is InChI=1S/C22H19N3O6/c1-15-4-6-16(7-5-15)23(12-18-3-2-10-30-18)21(26)13-24-19-11-17(25(28)29)8-9-20(19)31-14-22(24)27/h2-11H,12-14H2,1H3. The first-order valence-corrected chi connectivity index (χ1v) is 9.53. The van der Waals surface area contributed by atoms with E-state index in [1.165, 1.54) is 34.3 Å². The van der Waals surface area contributed by atoms with Crippen molar-refractivity contribution >= 4 is 28.9 Å². The lowest BCUT2D eigenvalue weighted by atomic mass is 10.2. The summed E-state index contributed by atoms with van der Waals surface area (Å²) in [6.45, 7) is 1.57. The van der Waals surface area contributed by atoms with Crippen LogP contribution in [-0.4, -0.2) is 29.9 Å². The Labute approximate surface area is 177 Å². The average Bonchev–Trinajstić information content (AvgIpc) is 3.27. The molecule has 4 rings (SSSR count). The Hall–Kier alpha value is -4.14. The minimum absolute atomic E-state index is 0.176. The summed E-state index contributed by atoms with van der Waals surface area (Å²) in [7, 11) is 0. The number of fused-ring (bicyclic) bond motifs is 1. The number of nitrogens with zero attached hydrogens (tertiary/aromatic N) is 3. The van der Waals surface area contributed by atoms with E-state index in [9.17, 15) is 19.7 Å². The van der Waals surface area contributed by atoms with Crippen molar-refractivity contribution in [2.24, 2.45) is 0 Å². The molecule has 1 aromatic heterocycles. The monoisotopic (exact) mass is 421 g/mol. The second-order valence-corrected chi connectivity index (χ2v) is 7.07. The SMILES string of the molecule is Cc1ccc(N(Cc2ccco2)C(=O)CN2C(=O)COc3ccc([N+](=O)[O-])cc32)cc1. The molecule has 0 radical (unpaired) electrons. The summed E-state index contributed by atoms with van der Waals surface area (Å²) in [5.74, 6) is 0.0698. The third-order valence-electron chi connectivity index (χ3n) is 4.93. The molecule has 2 heterocycles. The zero-order chi connectivity index (χ0) is 22.0. The first-order valence-electron chi connectivity index (χ1n) is 9.53. The molecule has 0 spiro atoms. The fraction of sp³-hybridized carbons (Fsp3) is 0.182. The van der Waals surface area contributed by atoms with Crippen molar-refractivity contribution in [1.29, 1.82) is 0 Å². The quantitative estimate of drug-likeness (QED) is 0.446. The van der Waals surface area contributed by atoms with Crippen molar-refractivity contribution in [3.8, 4) is 5.75 Å². The van der Waals surface area contributed by atoms with Gasteiger partial charge in [0, 0.05) is 17.8 Å². The van der Waals surface area contributed by atoms with E-state index in [1.807, 2.05) is 31.2 Å². The highest BCUT2D eigenvalue weighted by Gasteiger charge is 2.31. The molecular formula is C22H19N3O6. The van der Waals surface area contributed by atoms with E-state index in [-0.39, 0.29) is 37.0 Å². The van der Waals surface area contributed by atoms with E-state index in [1.54, 1.807) is 12.1 Å². The maximum atomic E-state index is 13.3. The number of nitro benzene ring substituents is 1. The van der Waals surface area contributed by atoms with E-state index in [4.69, 9.17) is 9.15 Å². The number of ether oxygens (including phenoxy) is 1. The van der Waals surface area contributed by atoms with E-state index >= 15 is 0 Å². The summed E-state index contributed by atoms with van der Waals surface area (Å²) in [5, 5.41) is 11.2. The van der Waals surface area contributed by atoms with Gasteiger partial charge in [0.25, 0.3) is 11.6 Å². The first-order chi connectivity index (χ1) is 14.9. The second-order valence-electron chi connectivity index (χ2n) is 7.07. The number of rotatable bonds is 6. The van der Waals surface area contributed by atoms with Crippen LogP contribution >= 0.6 is 0 Å². The number of non-ortho nitro benzene ring substituents is 1. The lowest BCUT2D eigenvalue weighted by Gasteiger charge is -2.31. The van der Waals surface area contributed by atoms with E-state index in [2.05, 4.69) is 0 Å². The summed E-state index contributed by atoms with van der Waals surface area (Å²) in [4.78, 5) is 39.2. The van der Waals surface area contributed by atoms with Crippen LogP contribution < -0.4 is 14.5 Å². The van der Waals surface area contributed by atoms with Crippen LogP contribution in [0.5, 0.6) is 5.75 Å². The van der Waals surface area contributed by atoms with Gasteiger partial charge in [0.05, 0.1) is 23.4 Å². The number of amides is 2. The largest absolute Gasteiger partial charge is 0.482 e. The molecule has 1 aliphatic rings. The molecule has 0 atom stereocenters. The van der Waals surface area contributed by atoms with Crippen molar-refractivity contribution in [2.45, 2.75) is 13.5 Å². The highest BCUT2D eigenvalue weighted by atomic mass is 16.6. The van der Waals surface area contributed by atoms with Gasteiger partial charge in [-0.1, -0.05) is 17.7 Å². The fourth-order valence-electron chi connectivity index (χ4n) is 3.30. The maximum absolute atomic E-state index is 13.3. The summed E-state index contributed by atoms with van der Waals surface area (Å²) >= 11 is 0. The zero-order valence-corrected chi connectivity index (χ0v) is 16.7. The number of carbonyl (C=O) groups is 2. The molecule has 31 heavy (non-hydrogen) atoms. The van der Waals surface area contributed by atoms with Crippen LogP contribution in [0.25, 0.3) is 0 Å². The van der Waals surface area contributed by atoms with Gasteiger partial charge in [0.2, 0.25) is 5.91 Å². The average molecular weight is 421 g/mol. The van der Waals surface area contributed by atoms with Crippen molar-refractivity contribution in [3.63, 3.8) is 0 Å². The van der Waals surface area contributed by atoms with Gasteiger partial charge >= 0.3 is 0 Å². The summed E-state index contributed by atoms with van der Waals surface area (Å²) in [5.41, 5.74) is 1.69. The lowest BCUT2D eigenvalue weighted by molar-refractivity contribution is -0.384. The molecule has 0 fully saturated rings. The summed E-state index contributed by atoms with van der Waals surface area (Å²) < 4.78 is 10.8. The van der Waals surface area contributed by atoms with Gasteiger partial charge in [-0.15, -0.1) is 0 Å². The number of hydrogen-bond acceptors (Lipinski definition) is 6. The third-order valence-corrected chi connectivity index (χ3v) is 4.93. The highest BCUT2D eigenvalue weighted by molar-refractivity contribution is 6.06. The molecule has 9 heteroatoms. The van der Waals surface area contributed by atoms with Gasteiger partial charge in [-0.3, -0.25) is 24.6 Å². The Bertz CT molecular complexity index is 1120. The Balaban J connectivity index is 1.65. The molecule has 0 aliphatic carbocycles. The molecule has 158 valence electrons. The number of carbonyl (C=O) groups excluding carboxylic acids is 2. The highest BCUT2D eigenvalue weighted by Crippen LogP contribution is 2.35. The topological polar surface area (TPSA) is 106 Å². The number of furan rings is 1.